The zero-order chi connectivity index (χ0) is 14.9. The van der Waals surface area contributed by atoms with Crippen molar-refractivity contribution in [3.05, 3.63) is 5.82 Å². The molecule has 0 amide bonds. The third kappa shape index (κ3) is 2.68. The van der Waals surface area contributed by atoms with Crippen LogP contribution in [0.3, 0.4) is 0 Å². The molecular weight excluding hydrogens is 262 g/mol. The number of aromatic nitrogens is 3. The van der Waals surface area contributed by atoms with E-state index in [4.69, 9.17) is 10.7 Å². The van der Waals surface area contributed by atoms with Crippen LogP contribution in [0.2, 0.25) is 0 Å². The molecule has 0 atom stereocenters. The zero-order valence-electron chi connectivity index (χ0n) is 13.5. The summed E-state index contributed by atoms with van der Waals surface area (Å²) in [7, 11) is 0. The highest BCUT2D eigenvalue weighted by atomic mass is 15.4. The van der Waals surface area contributed by atoms with Gasteiger partial charge in [0, 0.05) is 18.5 Å². The molecule has 1 aliphatic carbocycles. The number of rotatable bonds is 4. The molecule has 0 aromatic carbocycles. The maximum Gasteiger partial charge on any atom is 0.244 e. The number of nitrogens with zero attached hydrogens (tertiary/aromatic N) is 3. The number of piperidine rings is 1. The molecule has 1 aliphatic heterocycles. The van der Waals surface area contributed by atoms with Crippen molar-refractivity contribution in [1.29, 1.82) is 0 Å². The van der Waals surface area contributed by atoms with E-state index in [1.54, 1.807) is 0 Å². The molecule has 21 heavy (non-hydrogen) atoms. The van der Waals surface area contributed by atoms with Crippen LogP contribution in [0.15, 0.2) is 0 Å². The van der Waals surface area contributed by atoms with Crippen LogP contribution in [-0.4, -0.2) is 34.8 Å². The van der Waals surface area contributed by atoms with Gasteiger partial charge in [-0.15, -0.1) is 5.10 Å². The second-order valence-corrected chi connectivity index (χ2v) is 7.33. The highest BCUT2D eigenvalue weighted by Gasteiger charge is 2.38. The Morgan fingerprint density at radius 3 is 2.43 bits per heavy atom. The van der Waals surface area contributed by atoms with Crippen molar-refractivity contribution in [3.63, 3.8) is 0 Å². The second kappa shape index (κ2) is 5.59. The van der Waals surface area contributed by atoms with Crippen molar-refractivity contribution in [3.8, 4) is 0 Å². The smallest absolute Gasteiger partial charge is 0.244 e. The van der Waals surface area contributed by atoms with Gasteiger partial charge in [0.1, 0.15) is 5.82 Å². The van der Waals surface area contributed by atoms with E-state index in [-0.39, 0.29) is 5.41 Å². The van der Waals surface area contributed by atoms with Crippen molar-refractivity contribution in [2.45, 2.75) is 64.2 Å². The summed E-state index contributed by atoms with van der Waals surface area (Å²) in [5.41, 5.74) is 6.44. The predicted molar refractivity (Wildman–Crippen MR) is 85.4 cm³/mol. The highest BCUT2D eigenvalue weighted by Crippen LogP contribution is 2.42. The van der Waals surface area contributed by atoms with E-state index in [1.807, 2.05) is 0 Å². The molecule has 0 bridgehead atoms. The summed E-state index contributed by atoms with van der Waals surface area (Å²) in [4.78, 5) is 7.18. The Balaban J connectivity index is 1.71. The summed E-state index contributed by atoms with van der Waals surface area (Å²) in [6.07, 6.45) is 8.57. The Morgan fingerprint density at radius 1 is 1.19 bits per heavy atom. The summed E-state index contributed by atoms with van der Waals surface area (Å²) >= 11 is 0. The van der Waals surface area contributed by atoms with Crippen LogP contribution < -0.4 is 10.6 Å². The van der Waals surface area contributed by atoms with E-state index < -0.39 is 0 Å². The van der Waals surface area contributed by atoms with Gasteiger partial charge >= 0.3 is 0 Å². The van der Waals surface area contributed by atoms with Gasteiger partial charge in [0.25, 0.3) is 0 Å². The lowest BCUT2D eigenvalue weighted by molar-refractivity contribution is 0.257. The molecule has 3 rings (SSSR count). The van der Waals surface area contributed by atoms with Gasteiger partial charge in [0.05, 0.1) is 0 Å². The fourth-order valence-electron chi connectivity index (χ4n) is 3.89. The maximum atomic E-state index is 5.89. The summed E-state index contributed by atoms with van der Waals surface area (Å²) in [5, 5.41) is 7.75. The van der Waals surface area contributed by atoms with Crippen molar-refractivity contribution in [2.75, 3.05) is 24.5 Å². The van der Waals surface area contributed by atoms with Gasteiger partial charge < -0.3 is 10.6 Å². The molecule has 1 saturated heterocycles. The van der Waals surface area contributed by atoms with Crippen LogP contribution in [0.5, 0.6) is 0 Å². The molecule has 1 aromatic rings. The molecule has 0 unspecified atom stereocenters. The Labute approximate surface area is 127 Å². The third-order valence-electron chi connectivity index (χ3n) is 5.96. The zero-order valence-corrected chi connectivity index (χ0v) is 13.5. The Bertz CT molecular complexity index is 467. The molecule has 5 heteroatoms. The highest BCUT2D eigenvalue weighted by molar-refractivity contribution is 5.31. The van der Waals surface area contributed by atoms with Gasteiger partial charge in [-0.1, -0.05) is 26.7 Å². The average molecular weight is 291 g/mol. The largest absolute Gasteiger partial charge is 0.340 e. The van der Waals surface area contributed by atoms with Crippen LogP contribution in [0, 0.1) is 5.41 Å². The number of aromatic amines is 1. The molecule has 5 nitrogen and oxygen atoms in total. The molecule has 118 valence electrons. The minimum absolute atomic E-state index is 0.257. The lowest BCUT2D eigenvalue weighted by Gasteiger charge is -2.38. The molecular formula is C16H29N5. The Hall–Kier alpha value is -1.10. The van der Waals surface area contributed by atoms with Gasteiger partial charge in [0.2, 0.25) is 5.95 Å². The van der Waals surface area contributed by atoms with Crippen molar-refractivity contribution >= 4 is 5.95 Å². The minimum atomic E-state index is 0.257. The second-order valence-electron chi connectivity index (χ2n) is 7.33. The van der Waals surface area contributed by atoms with Gasteiger partial charge in [-0.3, -0.25) is 5.10 Å². The topological polar surface area (TPSA) is 70.8 Å². The van der Waals surface area contributed by atoms with Crippen LogP contribution in [0.25, 0.3) is 0 Å². The van der Waals surface area contributed by atoms with Gasteiger partial charge in [-0.05, 0) is 44.1 Å². The van der Waals surface area contributed by atoms with Crippen molar-refractivity contribution in [2.24, 2.45) is 11.1 Å². The molecule has 3 N–H and O–H groups in total. The quantitative estimate of drug-likeness (QED) is 0.894. The summed E-state index contributed by atoms with van der Waals surface area (Å²) in [5.74, 6) is 2.01. The predicted octanol–water partition coefficient (Wildman–Crippen LogP) is 2.59. The average Bonchev–Trinajstić information content (AvgIpc) is 3.18. The first-order valence-electron chi connectivity index (χ1n) is 8.49. The van der Waals surface area contributed by atoms with E-state index in [1.165, 1.54) is 25.7 Å². The summed E-state index contributed by atoms with van der Waals surface area (Å²) in [6, 6.07) is 0. The molecule has 0 radical (unpaired) electrons. The normalized spacial score (nSPS) is 24.4. The lowest BCUT2D eigenvalue weighted by atomic mass is 9.80. The fraction of sp³-hybridized carbons (Fsp3) is 0.875. The first-order chi connectivity index (χ1) is 10.1. The summed E-state index contributed by atoms with van der Waals surface area (Å²) in [6.45, 7) is 7.38. The van der Waals surface area contributed by atoms with Crippen LogP contribution in [0.4, 0.5) is 5.95 Å². The summed E-state index contributed by atoms with van der Waals surface area (Å²) < 4.78 is 0. The van der Waals surface area contributed by atoms with Crippen molar-refractivity contribution in [1.82, 2.24) is 15.2 Å². The van der Waals surface area contributed by atoms with E-state index in [0.717, 1.165) is 50.7 Å². The van der Waals surface area contributed by atoms with Gasteiger partial charge in [-0.2, -0.15) is 4.98 Å². The van der Waals surface area contributed by atoms with Crippen LogP contribution in [-0.2, 0) is 5.41 Å². The molecule has 2 heterocycles. The van der Waals surface area contributed by atoms with E-state index in [0.29, 0.717) is 5.41 Å². The number of hydrogen-bond donors (Lipinski definition) is 2. The van der Waals surface area contributed by atoms with Crippen LogP contribution in [0.1, 0.15) is 64.6 Å². The molecule has 0 spiro atoms. The number of H-pyrrole nitrogens is 1. The Morgan fingerprint density at radius 2 is 1.86 bits per heavy atom. The lowest BCUT2D eigenvalue weighted by Crippen LogP contribution is -2.42. The van der Waals surface area contributed by atoms with Crippen molar-refractivity contribution < 1.29 is 0 Å². The molecule has 1 saturated carbocycles. The number of anilines is 1. The van der Waals surface area contributed by atoms with E-state index in [2.05, 4.69) is 28.9 Å². The molecule has 2 aliphatic rings. The third-order valence-corrected chi connectivity index (χ3v) is 5.96. The number of nitrogens with one attached hydrogen (secondary N) is 1. The first-order valence-corrected chi connectivity index (χ1v) is 8.49. The fourth-order valence-corrected chi connectivity index (χ4v) is 3.89. The van der Waals surface area contributed by atoms with E-state index in [9.17, 15) is 0 Å². The molecule has 1 aromatic heterocycles. The first kappa shape index (κ1) is 14.8. The standard InChI is InChI=1S/C16H29N5/c1-3-16(6-4-5-7-16)13-18-14(20-19-13)21-10-8-15(2,12-17)9-11-21/h3-12,17H2,1-2H3,(H,18,19,20). The Kier molecular flexibility index (Phi) is 3.95. The minimum Gasteiger partial charge on any atom is -0.340 e. The SMILES string of the molecule is CCC1(c2nc(N3CCC(C)(CN)CC3)n[nH]2)CCCC1. The number of nitrogens with two attached hydrogens (primary N) is 1. The monoisotopic (exact) mass is 291 g/mol. The number of hydrogen-bond acceptors (Lipinski definition) is 4. The molecule has 2 fully saturated rings. The van der Waals surface area contributed by atoms with Gasteiger partial charge in [-0.25, -0.2) is 0 Å². The van der Waals surface area contributed by atoms with Crippen LogP contribution >= 0.6 is 0 Å². The van der Waals surface area contributed by atoms with Gasteiger partial charge in [0.15, 0.2) is 0 Å². The van der Waals surface area contributed by atoms with E-state index >= 15 is 0 Å². The maximum absolute atomic E-state index is 5.89.